The molecule has 0 aliphatic heterocycles. The van der Waals surface area contributed by atoms with Crippen LogP contribution in [0.2, 0.25) is 0 Å². The van der Waals surface area contributed by atoms with E-state index in [0.717, 1.165) is 140 Å². The molecule has 0 saturated carbocycles. The van der Waals surface area contributed by atoms with Gasteiger partial charge >= 0.3 is 0 Å². The lowest BCUT2D eigenvalue weighted by Crippen LogP contribution is -2.30. The standard InChI is InChI=1S/C88H62N2O3/c1-87(2)74-36-20-18-33-71(74)82-79(91)54-52-76(84(82)87)90(68-49-43-63(44-50-68)60-27-12-5-13-28-60)78-38-22-35-70-73-57-69(51-55-80(73)93-86(70)78)92-81-56-53-77(85-83(81)72-34-19-21-37-75(72)88(85,64-29-14-6-15-30-64)65-31-16-7-17-32-65)89(66-45-39-61(40-46-66)58-23-8-3-9-24-58)67-47-41-62(42-48-67)59-25-10-4-11-26-59/h3-57,91H,1-2H3. The van der Waals surface area contributed by atoms with Gasteiger partial charge in [0, 0.05) is 49.9 Å². The maximum Gasteiger partial charge on any atom is 0.159 e. The molecule has 0 saturated heterocycles. The molecule has 1 aromatic heterocycles. The summed E-state index contributed by atoms with van der Waals surface area (Å²) in [6.07, 6.45) is 0. The fourth-order valence-electron chi connectivity index (χ4n) is 15.1. The molecule has 0 fully saturated rings. The average molecular weight is 1200 g/mol. The van der Waals surface area contributed by atoms with Crippen LogP contribution in [-0.2, 0) is 10.8 Å². The average Bonchev–Trinajstić information content (AvgIpc) is 1.54. The Labute approximate surface area is 541 Å². The number of ether oxygens (including phenoxy) is 1. The lowest BCUT2D eigenvalue weighted by Gasteiger charge is -2.38. The molecule has 1 N–H and O–H groups in total. The molecule has 5 nitrogen and oxygen atoms in total. The van der Waals surface area contributed by atoms with Gasteiger partial charge in [0.05, 0.1) is 22.5 Å². The minimum absolute atomic E-state index is 0.259. The van der Waals surface area contributed by atoms with Gasteiger partial charge in [-0.2, -0.15) is 0 Å². The summed E-state index contributed by atoms with van der Waals surface area (Å²) in [4.78, 5) is 4.75. The number of phenolic OH excluding ortho intramolecular Hbond substituents is 1. The third kappa shape index (κ3) is 8.99. The van der Waals surface area contributed by atoms with Crippen molar-refractivity contribution in [2.24, 2.45) is 0 Å². The number of fused-ring (bicyclic) bond motifs is 9. The summed E-state index contributed by atoms with van der Waals surface area (Å²) in [6.45, 7) is 4.52. The van der Waals surface area contributed by atoms with Crippen molar-refractivity contribution >= 4 is 56.1 Å². The lowest BCUT2D eigenvalue weighted by atomic mass is 9.67. The van der Waals surface area contributed by atoms with Gasteiger partial charge in [0.1, 0.15) is 22.8 Å². The molecular weight excluding hydrogens is 1130 g/mol. The highest BCUT2D eigenvalue weighted by atomic mass is 16.5. The number of hydrogen-bond donors (Lipinski definition) is 1. The van der Waals surface area contributed by atoms with Crippen LogP contribution in [0.4, 0.5) is 34.1 Å². The molecule has 17 rings (SSSR count). The zero-order valence-corrected chi connectivity index (χ0v) is 51.4. The number of hydrogen-bond acceptors (Lipinski definition) is 5. The summed E-state index contributed by atoms with van der Waals surface area (Å²) in [7, 11) is 0. The number of furan rings is 1. The topological polar surface area (TPSA) is 49.1 Å². The van der Waals surface area contributed by atoms with Gasteiger partial charge in [-0.3, -0.25) is 0 Å². The predicted octanol–water partition coefficient (Wildman–Crippen LogP) is 23.7. The van der Waals surface area contributed by atoms with Gasteiger partial charge in [-0.25, -0.2) is 0 Å². The quantitative estimate of drug-likeness (QED) is 0.125. The molecule has 93 heavy (non-hydrogen) atoms. The monoisotopic (exact) mass is 1190 g/mol. The van der Waals surface area contributed by atoms with E-state index in [4.69, 9.17) is 9.15 Å². The molecule has 14 aromatic carbocycles. The SMILES string of the molecule is CC1(C)c2ccccc2-c2c(O)ccc(N(c3ccc(-c4ccccc4)cc3)c3cccc4c3oc3ccc(Oc5ccc(N(c6ccc(-c7ccccc7)cc6)c6ccc(-c7ccccc7)cc6)c6c5-c5ccccc5C6(c5ccccc5)c5ccccc5)cc34)c21. The second-order valence-corrected chi connectivity index (χ2v) is 24.8. The van der Waals surface area contributed by atoms with Crippen LogP contribution < -0.4 is 14.5 Å². The smallest absolute Gasteiger partial charge is 0.159 e. The minimum atomic E-state index is -0.806. The summed E-state index contributed by atoms with van der Waals surface area (Å²) in [5.74, 6) is 1.67. The third-order valence-electron chi connectivity index (χ3n) is 19.3. The van der Waals surface area contributed by atoms with Crippen LogP contribution in [0.3, 0.4) is 0 Å². The Morgan fingerprint density at radius 2 is 0.796 bits per heavy atom. The summed E-state index contributed by atoms with van der Waals surface area (Å²) >= 11 is 0. The molecule has 0 amide bonds. The third-order valence-corrected chi connectivity index (χ3v) is 19.3. The van der Waals surface area contributed by atoms with Crippen LogP contribution in [0.25, 0.3) is 77.6 Å². The van der Waals surface area contributed by atoms with Crippen molar-refractivity contribution in [3.05, 3.63) is 367 Å². The number of benzene rings is 14. The Morgan fingerprint density at radius 1 is 0.344 bits per heavy atom. The van der Waals surface area contributed by atoms with E-state index in [2.05, 4.69) is 333 Å². The van der Waals surface area contributed by atoms with Crippen molar-refractivity contribution < 1.29 is 14.3 Å². The fraction of sp³-hybridized carbons (Fsp3) is 0.0455. The van der Waals surface area contributed by atoms with E-state index in [0.29, 0.717) is 5.75 Å². The highest BCUT2D eigenvalue weighted by Crippen LogP contribution is 2.63. The zero-order chi connectivity index (χ0) is 62.2. The van der Waals surface area contributed by atoms with Crippen molar-refractivity contribution in [3.63, 3.8) is 0 Å². The second-order valence-electron chi connectivity index (χ2n) is 24.8. The Hall–Kier alpha value is -11.9. The lowest BCUT2D eigenvalue weighted by molar-refractivity contribution is 0.476. The van der Waals surface area contributed by atoms with Gasteiger partial charge < -0.3 is 24.1 Å². The first-order valence-electron chi connectivity index (χ1n) is 31.9. The van der Waals surface area contributed by atoms with E-state index < -0.39 is 10.8 Å². The van der Waals surface area contributed by atoms with Gasteiger partial charge in [-0.05, 0) is 157 Å². The highest BCUT2D eigenvalue weighted by molar-refractivity contribution is 6.11. The van der Waals surface area contributed by atoms with E-state index in [1.807, 2.05) is 24.3 Å². The van der Waals surface area contributed by atoms with Crippen molar-refractivity contribution in [2.75, 3.05) is 9.80 Å². The van der Waals surface area contributed by atoms with Crippen molar-refractivity contribution in [3.8, 4) is 72.9 Å². The Kier molecular flexibility index (Phi) is 13.2. The largest absolute Gasteiger partial charge is 0.507 e. The highest BCUT2D eigenvalue weighted by Gasteiger charge is 2.50. The van der Waals surface area contributed by atoms with Gasteiger partial charge in [-0.1, -0.05) is 263 Å². The van der Waals surface area contributed by atoms with Crippen LogP contribution in [0.15, 0.2) is 338 Å². The Balaban J connectivity index is 0.855. The predicted molar refractivity (Wildman–Crippen MR) is 382 cm³/mol. The first-order valence-corrected chi connectivity index (χ1v) is 31.9. The molecule has 2 aliphatic rings. The minimum Gasteiger partial charge on any atom is -0.507 e. The van der Waals surface area contributed by atoms with Crippen LogP contribution in [0.5, 0.6) is 17.2 Å². The molecule has 0 unspecified atom stereocenters. The van der Waals surface area contributed by atoms with Gasteiger partial charge in [0.15, 0.2) is 5.58 Å². The number of rotatable bonds is 13. The van der Waals surface area contributed by atoms with E-state index >= 15 is 0 Å². The molecule has 442 valence electrons. The van der Waals surface area contributed by atoms with Crippen molar-refractivity contribution in [1.82, 2.24) is 0 Å². The van der Waals surface area contributed by atoms with E-state index in [-0.39, 0.29) is 5.75 Å². The van der Waals surface area contributed by atoms with Crippen molar-refractivity contribution in [2.45, 2.75) is 24.7 Å². The first kappa shape index (κ1) is 55.2. The molecule has 0 radical (unpaired) electrons. The normalized spacial score (nSPS) is 13.1. The maximum absolute atomic E-state index is 11.8. The zero-order valence-electron chi connectivity index (χ0n) is 51.4. The van der Waals surface area contributed by atoms with Gasteiger partial charge in [0.25, 0.3) is 0 Å². The summed E-state index contributed by atoms with van der Waals surface area (Å²) in [5, 5.41) is 13.7. The number of aromatic hydroxyl groups is 1. The van der Waals surface area contributed by atoms with Gasteiger partial charge in [-0.15, -0.1) is 0 Å². The number of nitrogens with zero attached hydrogens (tertiary/aromatic N) is 2. The summed E-state index contributed by atoms with van der Waals surface area (Å²) in [6, 6.07) is 119. The molecule has 5 heteroatoms. The van der Waals surface area contributed by atoms with E-state index in [1.54, 1.807) is 0 Å². The molecule has 0 spiro atoms. The van der Waals surface area contributed by atoms with E-state index in [9.17, 15) is 5.11 Å². The summed E-state index contributed by atoms with van der Waals surface area (Å²) < 4.78 is 14.7. The first-order chi connectivity index (χ1) is 45.8. The van der Waals surface area contributed by atoms with Crippen LogP contribution in [-0.4, -0.2) is 5.11 Å². The van der Waals surface area contributed by atoms with Crippen LogP contribution in [0, 0.1) is 0 Å². The molecule has 2 aliphatic carbocycles. The number of phenols is 1. The molecule has 1 heterocycles. The van der Waals surface area contributed by atoms with Crippen molar-refractivity contribution in [1.29, 1.82) is 0 Å². The molecule has 15 aromatic rings. The molecule has 0 bridgehead atoms. The van der Waals surface area contributed by atoms with E-state index in [1.165, 1.54) is 11.1 Å². The number of para-hydroxylation sites is 1. The second kappa shape index (κ2) is 22.2. The molecule has 0 atom stereocenters. The Bertz CT molecular complexity index is 5180. The Morgan fingerprint density at radius 3 is 1.34 bits per heavy atom. The molecular formula is C88H62N2O3. The number of anilines is 6. The van der Waals surface area contributed by atoms with Crippen LogP contribution >= 0.6 is 0 Å². The fourth-order valence-corrected chi connectivity index (χ4v) is 15.1. The maximum atomic E-state index is 11.8. The summed E-state index contributed by atoms with van der Waals surface area (Å²) in [5.41, 5.74) is 23.7. The van der Waals surface area contributed by atoms with Crippen LogP contribution in [0.1, 0.15) is 47.2 Å². The van der Waals surface area contributed by atoms with Gasteiger partial charge in [0.2, 0.25) is 0 Å².